The lowest BCUT2D eigenvalue weighted by Crippen LogP contribution is -2.27. The summed E-state index contributed by atoms with van der Waals surface area (Å²) in [5.41, 5.74) is 1.71. The summed E-state index contributed by atoms with van der Waals surface area (Å²) in [6, 6.07) is 9.33. The number of furan rings is 1. The van der Waals surface area contributed by atoms with E-state index in [2.05, 4.69) is 5.32 Å². The third-order valence-corrected chi connectivity index (χ3v) is 3.78. The van der Waals surface area contributed by atoms with Crippen LogP contribution in [0.1, 0.15) is 42.1 Å². The molecule has 0 saturated carbocycles. The molecule has 1 amide bonds. The maximum absolute atomic E-state index is 12.0. The fraction of sp³-hybridized carbons (Fsp3) is 0.421. The van der Waals surface area contributed by atoms with Gasteiger partial charge in [-0.15, -0.1) is 0 Å². The summed E-state index contributed by atoms with van der Waals surface area (Å²) in [7, 11) is 0. The highest BCUT2D eigenvalue weighted by molar-refractivity contribution is 5.78. The maximum atomic E-state index is 12.0. The minimum Gasteiger partial charge on any atom is -0.494 e. The Kier molecular flexibility index (Phi) is 6.44. The van der Waals surface area contributed by atoms with Gasteiger partial charge in [0.2, 0.25) is 5.91 Å². The van der Waals surface area contributed by atoms with Crippen LogP contribution < -0.4 is 10.1 Å². The van der Waals surface area contributed by atoms with Gasteiger partial charge in [-0.2, -0.15) is 0 Å². The van der Waals surface area contributed by atoms with Crippen molar-refractivity contribution in [3.63, 3.8) is 0 Å². The molecule has 0 radical (unpaired) electrons. The number of hydrogen-bond donors (Lipinski definition) is 2. The monoisotopic (exact) mass is 331 g/mol. The number of hydrogen-bond acceptors (Lipinski definition) is 4. The summed E-state index contributed by atoms with van der Waals surface area (Å²) >= 11 is 0. The first kappa shape index (κ1) is 18.1. The first-order valence-electron chi connectivity index (χ1n) is 8.23. The smallest absolute Gasteiger partial charge is 0.224 e. The lowest BCUT2D eigenvalue weighted by Gasteiger charge is -2.11. The lowest BCUT2D eigenvalue weighted by molar-refractivity contribution is -0.120. The van der Waals surface area contributed by atoms with Crippen LogP contribution >= 0.6 is 0 Å². The topological polar surface area (TPSA) is 71.7 Å². The highest BCUT2D eigenvalue weighted by Crippen LogP contribution is 2.23. The van der Waals surface area contributed by atoms with Gasteiger partial charge in [0, 0.05) is 12.1 Å². The van der Waals surface area contributed by atoms with Gasteiger partial charge in [0.1, 0.15) is 17.3 Å². The summed E-state index contributed by atoms with van der Waals surface area (Å²) in [4.78, 5) is 12.0. The van der Waals surface area contributed by atoms with E-state index in [1.165, 1.54) is 0 Å². The highest BCUT2D eigenvalue weighted by atomic mass is 16.5. The standard InChI is InChI=1S/C19H25NO4/c1-4-23-16-7-5-15(6-8-16)12-19(22)20-10-9-18(21)17-11-13(2)24-14(17)3/h5-8,11,18,21H,4,9-10,12H2,1-3H3,(H,20,22)/t18-/m0/s1. The Hall–Kier alpha value is -2.27. The molecule has 5 nitrogen and oxygen atoms in total. The zero-order chi connectivity index (χ0) is 17.5. The van der Waals surface area contributed by atoms with E-state index >= 15 is 0 Å². The van der Waals surface area contributed by atoms with Gasteiger partial charge in [-0.3, -0.25) is 4.79 Å². The highest BCUT2D eigenvalue weighted by Gasteiger charge is 2.14. The second kappa shape index (κ2) is 8.55. The van der Waals surface area contributed by atoms with E-state index in [0.29, 0.717) is 26.0 Å². The molecular formula is C19H25NO4. The number of benzene rings is 1. The van der Waals surface area contributed by atoms with Crippen LogP contribution in [0.15, 0.2) is 34.7 Å². The van der Waals surface area contributed by atoms with Crippen molar-refractivity contribution >= 4 is 5.91 Å². The number of rotatable bonds is 8. The lowest BCUT2D eigenvalue weighted by atomic mass is 10.1. The summed E-state index contributed by atoms with van der Waals surface area (Å²) in [5.74, 6) is 2.24. The van der Waals surface area contributed by atoms with E-state index in [9.17, 15) is 9.90 Å². The average molecular weight is 331 g/mol. The summed E-state index contributed by atoms with van der Waals surface area (Å²) in [6.45, 7) is 6.65. The molecule has 0 aliphatic heterocycles. The van der Waals surface area contributed by atoms with Gasteiger partial charge < -0.3 is 19.6 Å². The molecule has 1 atom stereocenters. The molecular weight excluding hydrogens is 306 g/mol. The Morgan fingerprint density at radius 3 is 2.58 bits per heavy atom. The minimum atomic E-state index is -0.631. The number of amides is 1. The Balaban J connectivity index is 1.75. The molecule has 130 valence electrons. The van der Waals surface area contributed by atoms with Gasteiger partial charge in [-0.25, -0.2) is 0 Å². The van der Waals surface area contributed by atoms with Crippen LogP contribution in [0.4, 0.5) is 0 Å². The van der Waals surface area contributed by atoms with Crippen molar-refractivity contribution < 1.29 is 19.1 Å². The quantitative estimate of drug-likeness (QED) is 0.780. The van der Waals surface area contributed by atoms with Gasteiger partial charge in [-0.1, -0.05) is 12.1 Å². The maximum Gasteiger partial charge on any atom is 0.224 e. The Bertz CT molecular complexity index is 661. The summed E-state index contributed by atoms with van der Waals surface area (Å²) < 4.78 is 10.8. The molecule has 2 aromatic rings. The molecule has 2 rings (SSSR count). The van der Waals surface area contributed by atoms with Crippen molar-refractivity contribution in [3.8, 4) is 5.75 Å². The number of aryl methyl sites for hydroxylation is 2. The largest absolute Gasteiger partial charge is 0.494 e. The Morgan fingerprint density at radius 1 is 1.29 bits per heavy atom. The summed E-state index contributed by atoms with van der Waals surface area (Å²) in [5, 5.41) is 13.0. The number of carbonyl (C=O) groups is 1. The van der Waals surface area contributed by atoms with Crippen molar-refractivity contribution in [2.45, 2.75) is 39.7 Å². The molecule has 0 aliphatic carbocycles. The normalized spacial score (nSPS) is 12.0. The van der Waals surface area contributed by atoms with E-state index < -0.39 is 6.10 Å². The van der Waals surface area contributed by atoms with E-state index in [-0.39, 0.29) is 5.91 Å². The van der Waals surface area contributed by atoms with Gasteiger partial charge >= 0.3 is 0 Å². The van der Waals surface area contributed by atoms with Crippen LogP contribution in [0.3, 0.4) is 0 Å². The molecule has 0 aliphatic rings. The number of aliphatic hydroxyl groups excluding tert-OH is 1. The predicted octanol–water partition coefficient (Wildman–Crippen LogP) is 3.08. The number of carbonyl (C=O) groups excluding carboxylic acids is 1. The van der Waals surface area contributed by atoms with Crippen molar-refractivity contribution in [2.24, 2.45) is 0 Å². The van der Waals surface area contributed by atoms with Gasteiger partial charge in [0.05, 0.1) is 19.1 Å². The van der Waals surface area contributed by atoms with Crippen molar-refractivity contribution in [1.29, 1.82) is 0 Å². The van der Waals surface area contributed by atoms with E-state index in [0.717, 1.165) is 28.4 Å². The molecule has 1 heterocycles. The number of nitrogens with one attached hydrogen (secondary N) is 1. The van der Waals surface area contributed by atoms with Crippen LogP contribution in [0.2, 0.25) is 0 Å². The molecule has 0 unspecified atom stereocenters. The molecule has 0 fully saturated rings. The second-order valence-corrected chi connectivity index (χ2v) is 5.78. The molecule has 0 saturated heterocycles. The van der Waals surface area contributed by atoms with Crippen LogP contribution in [-0.2, 0) is 11.2 Å². The van der Waals surface area contributed by atoms with E-state index in [4.69, 9.17) is 9.15 Å². The van der Waals surface area contributed by atoms with Crippen LogP contribution in [-0.4, -0.2) is 24.2 Å². The number of ether oxygens (including phenoxy) is 1. The van der Waals surface area contributed by atoms with E-state index in [1.54, 1.807) is 0 Å². The molecule has 1 aromatic heterocycles. The summed E-state index contributed by atoms with van der Waals surface area (Å²) in [6.07, 6.45) is 0.134. The molecule has 1 aromatic carbocycles. The minimum absolute atomic E-state index is 0.0635. The Morgan fingerprint density at radius 2 is 2.00 bits per heavy atom. The third kappa shape index (κ3) is 5.13. The number of aliphatic hydroxyl groups is 1. The van der Waals surface area contributed by atoms with Crippen LogP contribution in [0, 0.1) is 13.8 Å². The molecule has 2 N–H and O–H groups in total. The van der Waals surface area contributed by atoms with Crippen LogP contribution in [0.5, 0.6) is 5.75 Å². The third-order valence-electron chi connectivity index (χ3n) is 3.78. The van der Waals surface area contributed by atoms with Gasteiger partial charge in [0.15, 0.2) is 0 Å². The molecule has 0 bridgehead atoms. The second-order valence-electron chi connectivity index (χ2n) is 5.78. The first-order chi connectivity index (χ1) is 11.5. The van der Waals surface area contributed by atoms with Gasteiger partial charge in [0.25, 0.3) is 0 Å². The molecule has 0 spiro atoms. The fourth-order valence-electron chi connectivity index (χ4n) is 2.60. The van der Waals surface area contributed by atoms with Crippen LogP contribution in [0.25, 0.3) is 0 Å². The zero-order valence-corrected chi connectivity index (χ0v) is 14.5. The molecule has 5 heteroatoms. The van der Waals surface area contributed by atoms with E-state index in [1.807, 2.05) is 51.1 Å². The Labute approximate surface area is 142 Å². The zero-order valence-electron chi connectivity index (χ0n) is 14.5. The fourth-order valence-corrected chi connectivity index (χ4v) is 2.60. The predicted molar refractivity (Wildman–Crippen MR) is 92.1 cm³/mol. The first-order valence-corrected chi connectivity index (χ1v) is 8.23. The van der Waals surface area contributed by atoms with Crippen molar-refractivity contribution in [2.75, 3.05) is 13.2 Å². The SMILES string of the molecule is CCOc1ccc(CC(=O)NCC[C@H](O)c2cc(C)oc2C)cc1. The van der Waals surface area contributed by atoms with Crippen molar-refractivity contribution in [1.82, 2.24) is 5.32 Å². The van der Waals surface area contributed by atoms with Gasteiger partial charge in [-0.05, 0) is 51.0 Å². The van der Waals surface area contributed by atoms with Crippen molar-refractivity contribution in [3.05, 3.63) is 53.0 Å². The molecule has 24 heavy (non-hydrogen) atoms. The average Bonchev–Trinajstić information content (AvgIpc) is 2.88.